The third kappa shape index (κ3) is 4.23. The minimum atomic E-state index is 0.375. The van der Waals surface area contributed by atoms with Crippen LogP contribution in [0.5, 0.6) is 0 Å². The van der Waals surface area contributed by atoms with Gasteiger partial charge in [-0.05, 0) is 43.1 Å². The molecule has 2 fully saturated rings. The highest BCUT2D eigenvalue weighted by atomic mass is 15.1. The smallest absolute Gasteiger partial charge is 0.188 e. The summed E-state index contributed by atoms with van der Waals surface area (Å²) in [5, 5.41) is 3.41. The molecule has 114 valence electrons. The molecule has 2 aliphatic rings. The number of guanidine groups is 1. The molecule has 0 radical (unpaired) electrons. The normalized spacial score (nSPS) is 22.0. The first-order chi connectivity index (χ1) is 10.3. The quantitative estimate of drug-likeness (QED) is 0.644. The molecular formula is C18H27N3. The molecule has 3 nitrogen and oxygen atoms in total. The molecule has 0 saturated heterocycles. The maximum atomic E-state index is 6.07. The lowest BCUT2D eigenvalue weighted by molar-refractivity contribution is 0.411. The van der Waals surface area contributed by atoms with E-state index in [4.69, 9.17) is 5.73 Å². The molecule has 1 aromatic carbocycles. The summed E-state index contributed by atoms with van der Waals surface area (Å²) in [6.07, 6.45) is 10.2. The number of hydrogen-bond acceptors (Lipinski definition) is 1. The van der Waals surface area contributed by atoms with Crippen molar-refractivity contribution in [3.8, 4) is 0 Å². The molecule has 0 atom stereocenters. The van der Waals surface area contributed by atoms with Crippen molar-refractivity contribution in [2.45, 2.75) is 57.4 Å². The highest BCUT2D eigenvalue weighted by Crippen LogP contribution is 2.48. The van der Waals surface area contributed by atoms with E-state index in [1.165, 1.54) is 50.5 Å². The first-order valence-electron chi connectivity index (χ1n) is 8.36. The van der Waals surface area contributed by atoms with Crippen LogP contribution in [0.4, 0.5) is 0 Å². The van der Waals surface area contributed by atoms with Gasteiger partial charge < -0.3 is 11.1 Å². The van der Waals surface area contributed by atoms with Crippen LogP contribution in [-0.2, 0) is 6.42 Å². The minimum Gasteiger partial charge on any atom is -0.370 e. The van der Waals surface area contributed by atoms with Crippen LogP contribution in [0, 0.1) is 5.41 Å². The van der Waals surface area contributed by atoms with Gasteiger partial charge >= 0.3 is 0 Å². The standard InChI is InChI=1S/C18H27N3/c19-17(21-16-9-5-2-6-10-16)20-14-18(11-12-18)13-15-7-3-1-4-8-15/h1,3-4,7-8,16H,2,5-6,9-14H2,(H3,19,20,21). The largest absolute Gasteiger partial charge is 0.370 e. The van der Waals surface area contributed by atoms with Crippen LogP contribution in [0.3, 0.4) is 0 Å². The second-order valence-electron chi connectivity index (χ2n) is 6.84. The Labute approximate surface area is 128 Å². The summed E-state index contributed by atoms with van der Waals surface area (Å²) < 4.78 is 0. The summed E-state index contributed by atoms with van der Waals surface area (Å²) in [7, 11) is 0. The lowest BCUT2D eigenvalue weighted by Gasteiger charge is -2.23. The molecule has 0 amide bonds. The zero-order chi connectivity index (χ0) is 14.5. The Bertz CT molecular complexity index is 470. The van der Waals surface area contributed by atoms with Gasteiger partial charge in [0.15, 0.2) is 5.96 Å². The summed E-state index contributed by atoms with van der Waals surface area (Å²) in [6, 6.07) is 11.3. The number of benzene rings is 1. The van der Waals surface area contributed by atoms with Crippen molar-refractivity contribution in [1.29, 1.82) is 0 Å². The summed E-state index contributed by atoms with van der Waals surface area (Å²) in [5.41, 5.74) is 7.87. The highest BCUT2D eigenvalue weighted by Gasteiger charge is 2.42. The second kappa shape index (κ2) is 6.50. The van der Waals surface area contributed by atoms with E-state index < -0.39 is 0 Å². The van der Waals surface area contributed by atoms with Gasteiger partial charge in [0.1, 0.15) is 0 Å². The second-order valence-corrected chi connectivity index (χ2v) is 6.84. The molecule has 0 bridgehead atoms. The van der Waals surface area contributed by atoms with E-state index in [1.807, 2.05) is 0 Å². The van der Waals surface area contributed by atoms with Crippen molar-refractivity contribution >= 4 is 5.96 Å². The molecular weight excluding hydrogens is 258 g/mol. The van der Waals surface area contributed by atoms with Crippen molar-refractivity contribution < 1.29 is 0 Å². The van der Waals surface area contributed by atoms with Gasteiger partial charge in [-0.1, -0.05) is 49.6 Å². The van der Waals surface area contributed by atoms with Gasteiger partial charge in [0, 0.05) is 12.6 Å². The summed E-state index contributed by atoms with van der Waals surface area (Å²) in [6.45, 7) is 0.868. The summed E-state index contributed by atoms with van der Waals surface area (Å²) in [4.78, 5) is 4.63. The fraction of sp³-hybridized carbons (Fsp3) is 0.611. The van der Waals surface area contributed by atoms with E-state index in [9.17, 15) is 0 Å². The third-order valence-corrected chi connectivity index (χ3v) is 4.92. The topological polar surface area (TPSA) is 50.4 Å². The molecule has 2 aliphatic carbocycles. The van der Waals surface area contributed by atoms with Crippen molar-refractivity contribution in [3.05, 3.63) is 35.9 Å². The molecule has 3 rings (SSSR count). The zero-order valence-electron chi connectivity index (χ0n) is 12.9. The van der Waals surface area contributed by atoms with Crippen LogP contribution >= 0.6 is 0 Å². The Morgan fingerprint density at radius 1 is 1.14 bits per heavy atom. The van der Waals surface area contributed by atoms with Crippen LogP contribution < -0.4 is 11.1 Å². The van der Waals surface area contributed by atoms with Crippen LogP contribution in [0.25, 0.3) is 0 Å². The van der Waals surface area contributed by atoms with E-state index in [1.54, 1.807) is 0 Å². The molecule has 3 N–H and O–H groups in total. The van der Waals surface area contributed by atoms with Gasteiger partial charge in [-0.2, -0.15) is 0 Å². The van der Waals surface area contributed by atoms with E-state index in [0.29, 0.717) is 17.4 Å². The molecule has 2 saturated carbocycles. The van der Waals surface area contributed by atoms with E-state index in [2.05, 4.69) is 40.6 Å². The van der Waals surface area contributed by atoms with Gasteiger partial charge in [0.05, 0.1) is 0 Å². The number of rotatable bonds is 5. The molecule has 21 heavy (non-hydrogen) atoms. The molecule has 0 heterocycles. The Morgan fingerprint density at radius 2 is 1.86 bits per heavy atom. The van der Waals surface area contributed by atoms with Crippen LogP contribution in [-0.4, -0.2) is 18.5 Å². The molecule has 0 unspecified atom stereocenters. The van der Waals surface area contributed by atoms with Gasteiger partial charge in [0.25, 0.3) is 0 Å². The number of nitrogens with zero attached hydrogens (tertiary/aromatic N) is 1. The predicted molar refractivity (Wildman–Crippen MR) is 88.3 cm³/mol. The maximum Gasteiger partial charge on any atom is 0.188 e. The van der Waals surface area contributed by atoms with Crippen LogP contribution in [0.15, 0.2) is 35.3 Å². The summed E-state index contributed by atoms with van der Waals surface area (Å²) >= 11 is 0. The van der Waals surface area contributed by atoms with Gasteiger partial charge in [0.2, 0.25) is 0 Å². The lowest BCUT2D eigenvalue weighted by atomic mass is 9.95. The first kappa shape index (κ1) is 14.4. The Balaban J connectivity index is 1.50. The number of hydrogen-bond donors (Lipinski definition) is 2. The SMILES string of the molecule is NC(=NCC1(Cc2ccccc2)CC1)NC1CCCCC1. The predicted octanol–water partition coefficient (Wildman–Crippen LogP) is 3.25. The molecule has 0 spiro atoms. The van der Waals surface area contributed by atoms with Crippen molar-refractivity contribution in [2.24, 2.45) is 16.1 Å². The van der Waals surface area contributed by atoms with Gasteiger partial charge in [-0.25, -0.2) is 0 Å². The molecule has 1 aromatic rings. The third-order valence-electron chi connectivity index (χ3n) is 4.92. The molecule has 3 heteroatoms. The minimum absolute atomic E-state index is 0.375. The molecule has 0 aromatic heterocycles. The number of nitrogens with two attached hydrogens (primary N) is 1. The Morgan fingerprint density at radius 3 is 2.52 bits per heavy atom. The maximum absolute atomic E-state index is 6.07. The van der Waals surface area contributed by atoms with E-state index >= 15 is 0 Å². The lowest BCUT2D eigenvalue weighted by Crippen LogP contribution is -2.41. The monoisotopic (exact) mass is 285 g/mol. The fourth-order valence-electron chi connectivity index (χ4n) is 3.35. The first-order valence-corrected chi connectivity index (χ1v) is 8.36. The average Bonchev–Trinajstić information content (AvgIpc) is 3.27. The van der Waals surface area contributed by atoms with Crippen LogP contribution in [0.1, 0.15) is 50.5 Å². The van der Waals surface area contributed by atoms with E-state index in [0.717, 1.165) is 13.0 Å². The van der Waals surface area contributed by atoms with Crippen molar-refractivity contribution in [2.75, 3.05) is 6.54 Å². The van der Waals surface area contributed by atoms with E-state index in [-0.39, 0.29) is 0 Å². The zero-order valence-corrected chi connectivity index (χ0v) is 12.9. The van der Waals surface area contributed by atoms with Gasteiger partial charge in [-0.15, -0.1) is 0 Å². The van der Waals surface area contributed by atoms with Crippen LogP contribution in [0.2, 0.25) is 0 Å². The fourth-order valence-corrected chi connectivity index (χ4v) is 3.35. The number of aliphatic imine (C=N–C) groups is 1. The van der Waals surface area contributed by atoms with Crippen molar-refractivity contribution in [1.82, 2.24) is 5.32 Å². The molecule has 0 aliphatic heterocycles. The number of nitrogens with one attached hydrogen (secondary N) is 1. The van der Waals surface area contributed by atoms with Gasteiger partial charge in [-0.3, -0.25) is 4.99 Å². The summed E-state index contributed by atoms with van der Waals surface area (Å²) in [5.74, 6) is 0.654. The Hall–Kier alpha value is -1.51. The highest BCUT2D eigenvalue weighted by molar-refractivity contribution is 5.78. The average molecular weight is 285 g/mol. The Kier molecular flexibility index (Phi) is 4.47. The van der Waals surface area contributed by atoms with Crippen molar-refractivity contribution in [3.63, 3.8) is 0 Å².